The number of carbonyl (C=O) groups is 5. The minimum atomic E-state index is -1.18. The lowest BCUT2D eigenvalue weighted by Gasteiger charge is -2.18. The molecule has 0 saturated heterocycles. The monoisotopic (exact) mass is 1020 g/mol. The summed E-state index contributed by atoms with van der Waals surface area (Å²) < 4.78 is 14.8. The van der Waals surface area contributed by atoms with Gasteiger partial charge in [0.2, 0.25) is 0 Å². The zero-order chi connectivity index (χ0) is 50.5. The number of rotatable bonds is 20. The number of fused-ring (bicyclic) bond motifs is 2. The van der Waals surface area contributed by atoms with E-state index in [1.165, 1.54) is 22.7 Å². The van der Waals surface area contributed by atoms with E-state index in [1.807, 2.05) is 48.5 Å². The number of aliphatic carboxylic acids is 1. The van der Waals surface area contributed by atoms with E-state index < -0.39 is 41.9 Å². The van der Waals surface area contributed by atoms with Gasteiger partial charge in [0, 0.05) is 25.5 Å². The first-order valence-electron chi connectivity index (χ1n) is 19.6. The Balaban J connectivity index is 0.000000269. The molecule has 0 radical (unpaired) electrons. The van der Waals surface area contributed by atoms with Crippen molar-refractivity contribution < 1.29 is 48.8 Å². The molecule has 2 aromatic carbocycles. The number of esters is 1. The van der Waals surface area contributed by atoms with Crippen molar-refractivity contribution in [1.82, 2.24) is 25.9 Å². The molecule has 3 amide bonds. The van der Waals surface area contributed by atoms with Gasteiger partial charge in [-0.2, -0.15) is 5.53 Å². The van der Waals surface area contributed by atoms with Crippen molar-refractivity contribution in [2.45, 2.75) is 38.5 Å². The summed E-state index contributed by atoms with van der Waals surface area (Å²) in [4.78, 5) is 69.6. The highest BCUT2D eigenvalue weighted by Gasteiger charge is 2.25. The maximum Gasteiger partial charge on any atom is 0.408 e. The lowest BCUT2D eigenvalue weighted by molar-refractivity contribution is -0.147. The number of hydrogen-bond donors (Lipinski definition) is 8. The summed E-state index contributed by atoms with van der Waals surface area (Å²) in [5, 5.41) is 63.5. The highest BCUT2D eigenvalue weighted by atomic mass is 35.5. The fraction of sp³-hybridized carbons (Fsp3) is 0.205. The van der Waals surface area contributed by atoms with Crippen molar-refractivity contribution in [2.75, 3.05) is 13.1 Å². The molecule has 4 aromatic heterocycles. The first kappa shape index (κ1) is 54.2. The molecule has 70 heavy (non-hydrogen) atoms. The summed E-state index contributed by atoms with van der Waals surface area (Å²) >= 11 is 7.11. The second kappa shape index (κ2) is 30.1. The van der Waals surface area contributed by atoms with Gasteiger partial charge in [0.1, 0.15) is 25.3 Å². The number of hydrogen-bond acceptors (Lipinski definition) is 16. The number of carboxylic acid groups (broad SMARTS) is 1. The fourth-order valence-corrected chi connectivity index (χ4v) is 7.30. The molecule has 0 saturated carbocycles. The Morgan fingerprint density at radius 3 is 1.59 bits per heavy atom. The predicted octanol–water partition coefficient (Wildman–Crippen LogP) is 6.49. The molecule has 0 spiro atoms. The number of halogens is 1. The van der Waals surface area contributed by atoms with Gasteiger partial charge in [0.05, 0.1) is 55.2 Å². The number of nitrogens with zero attached hydrogens (tertiary/aromatic N) is 13. The predicted molar refractivity (Wildman–Crippen MR) is 246 cm³/mol. The molecule has 0 aliphatic heterocycles. The smallest absolute Gasteiger partial charge is 0.408 e. The van der Waals surface area contributed by atoms with E-state index in [9.17, 15) is 34.2 Å². The molecular formula is C39H39ClN18O10S2. The summed E-state index contributed by atoms with van der Waals surface area (Å²) in [7, 11) is 0. The molecule has 31 heteroatoms. The first-order chi connectivity index (χ1) is 34.0. The second-order valence-electron chi connectivity index (χ2n) is 13.1. The Morgan fingerprint density at radius 2 is 1.13 bits per heavy atom. The van der Waals surface area contributed by atoms with Crippen molar-refractivity contribution in [1.29, 1.82) is 5.53 Å². The van der Waals surface area contributed by atoms with Crippen LogP contribution in [0.1, 0.15) is 41.6 Å². The number of ether oxygens (including phenoxy) is 2. The first-order valence-corrected chi connectivity index (χ1v) is 21.6. The van der Waals surface area contributed by atoms with Crippen LogP contribution in [0.15, 0.2) is 154 Å². The van der Waals surface area contributed by atoms with Crippen LogP contribution >= 0.6 is 34.5 Å². The van der Waals surface area contributed by atoms with E-state index in [1.54, 1.807) is 48.8 Å². The Morgan fingerprint density at radius 1 is 0.671 bits per heavy atom. The number of nitrogens with two attached hydrogens (primary N) is 1. The maximum absolute atomic E-state index is 12.8. The standard InChI is InChI=1S/C27H25N3O6S.C12H13N3O4S.ClHN12/c31-15-20-11-12-28-21-13-23(37-24(20)21)25(32)29-14-22(26(33)35-16-18-7-3-1-4-8-18)30-27(34)36-17-19-9-5-2-6-10-19;13-7(12(18)19)4-15-11(17)9-3-8-10(20-9)6(5-16)1-2-14-8;1-3-5-7-9-11-13-12-10-8-6-4-2/h1-13,22,31H,14-17H2,(H,29,32)(H,30,34);1-3,7,16H,4-5,13H2,(H,15,17)(H,18,19);2H/b;;4-2?,5-3?,8-6+,9-7+,12-10+,13-11+/t22-;7-;/m11./s1. The summed E-state index contributed by atoms with van der Waals surface area (Å²) in [6.45, 7) is -0.650. The summed E-state index contributed by atoms with van der Waals surface area (Å²) in [5.41, 5.74) is 15.6. The number of amides is 3. The van der Waals surface area contributed by atoms with Gasteiger partial charge < -0.3 is 46.5 Å². The Labute approximate surface area is 407 Å². The lowest BCUT2D eigenvalue weighted by atomic mass is 10.2. The Hall–Kier alpha value is -8.42. The van der Waals surface area contributed by atoms with Crippen LogP contribution in [-0.4, -0.2) is 80.3 Å². The molecule has 0 bridgehead atoms. The molecule has 0 aliphatic carbocycles. The van der Waals surface area contributed by atoms with Crippen molar-refractivity contribution >= 4 is 84.7 Å². The highest BCUT2D eigenvalue weighted by Crippen LogP contribution is 2.28. The number of carbonyl (C=O) groups excluding carboxylic acids is 4. The van der Waals surface area contributed by atoms with Gasteiger partial charge in [-0.05, 0) is 98.8 Å². The molecule has 0 unspecified atom stereocenters. The largest absolute Gasteiger partial charge is 0.480 e. The summed E-state index contributed by atoms with van der Waals surface area (Å²) in [6.07, 6.45) is 2.30. The van der Waals surface area contributed by atoms with E-state index in [-0.39, 0.29) is 39.5 Å². The van der Waals surface area contributed by atoms with Crippen LogP contribution < -0.4 is 21.7 Å². The maximum atomic E-state index is 12.8. The quantitative estimate of drug-likeness (QED) is 0.0230. The van der Waals surface area contributed by atoms with Crippen LogP contribution in [0.5, 0.6) is 0 Å². The number of aromatic nitrogens is 2. The van der Waals surface area contributed by atoms with E-state index in [0.717, 1.165) is 15.8 Å². The van der Waals surface area contributed by atoms with Crippen LogP contribution in [0.2, 0.25) is 0 Å². The van der Waals surface area contributed by atoms with Gasteiger partial charge in [-0.15, -0.1) is 22.7 Å². The third kappa shape index (κ3) is 18.3. The highest BCUT2D eigenvalue weighted by molar-refractivity contribution is 7.21. The number of aliphatic hydroxyl groups is 2. The number of carboxylic acids is 1. The van der Waals surface area contributed by atoms with Gasteiger partial charge in [-0.3, -0.25) is 24.4 Å². The van der Waals surface area contributed by atoms with Gasteiger partial charge in [-0.25, -0.2) is 9.59 Å². The van der Waals surface area contributed by atoms with E-state index >= 15 is 0 Å². The summed E-state index contributed by atoms with van der Waals surface area (Å²) in [6, 6.07) is 22.5. The van der Waals surface area contributed by atoms with Crippen LogP contribution in [0.4, 0.5) is 4.79 Å². The van der Waals surface area contributed by atoms with Crippen molar-refractivity contribution in [3.8, 4) is 0 Å². The Bertz CT molecular complexity index is 2830. The third-order valence-electron chi connectivity index (χ3n) is 8.45. The van der Waals surface area contributed by atoms with Gasteiger partial charge in [0.25, 0.3) is 11.8 Å². The average molecular weight is 1020 g/mol. The minimum absolute atomic E-state index is 0.0107. The zero-order valence-corrected chi connectivity index (χ0v) is 38.3. The second-order valence-corrected chi connectivity index (χ2v) is 15.4. The topological polar surface area (TPSA) is 412 Å². The number of pyridine rings is 2. The van der Waals surface area contributed by atoms with Crippen LogP contribution in [-0.2, 0) is 45.5 Å². The molecule has 28 nitrogen and oxygen atoms in total. The lowest BCUT2D eigenvalue weighted by Crippen LogP contribution is -2.49. The number of benzene rings is 2. The SMILES string of the molecule is N=N/N=N/N=N/N=N/N=N/N=NCl.N[C@H](CNC(=O)c1cc2nccc(CO)c2s1)C(=O)O.O=C(N[C@H](CNC(=O)c1cc2nccc(CO)c2s1)C(=O)OCc1ccccc1)OCc1ccccc1. The number of alkyl carbamates (subject to hydrolysis) is 1. The zero-order valence-electron chi connectivity index (χ0n) is 35.9. The molecular weight excluding hydrogens is 980 g/mol. The van der Waals surface area contributed by atoms with Crippen LogP contribution in [0.3, 0.4) is 0 Å². The van der Waals surface area contributed by atoms with Crippen LogP contribution in [0, 0.1) is 5.53 Å². The number of aliphatic hydroxyl groups excluding tert-OH is 2. The minimum Gasteiger partial charge on any atom is -0.480 e. The molecule has 364 valence electrons. The molecule has 0 aliphatic rings. The molecule has 9 N–H and O–H groups in total. The van der Waals surface area contributed by atoms with Crippen molar-refractivity contribution in [3.63, 3.8) is 0 Å². The number of nitrogens with one attached hydrogen (secondary N) is 4. The normalized spacial score (nSPS) is 12.1. The average Bonchev–Trinajstić information content (AvgIpc) is 4.04. The van der Waals surface area contributed by atoms with Crippen molar-refractivity contribution in [3.05, 3.63) is 129 Å². The molecule has 0 fully saturated rings. The fourth-order valence-electron chi connectivity index (χ4n) is 5.20. The number of thiophene rings is 2. The third-order valence-corrected chi connectivity index (χ3v) is 10.9. The molecule has 6 rings (SSSR count). The molecule has 4 heterocycles. The van der Waals surface area contributed by atoms with Crippen LogP contribution in [0.25, 0.3) is 20.4 Å². The summed E-state index contributed by atoms with van der Waals surface area (Å²) in [5.74, 6) is -2.76. The van der Waals surface area contributed by atoms with E-state index in [2.05, 4.69) is 82.8 Å². The van der Waals surface area contributed by atoms with E-state index in [0.29, 0.717) is 36.6 Å². The van der Waals surface area contributed by atoms with Gasteiger partial charge in [0.15, 0.2) is 0 Å². The van der Waals surface area contributed by atoms with Gasteiger partial charge in [-0.1, -0.05) is 65.3 Å². The Kier molecular flexibility index (Phi) is 23.3. The van der Waals surface area contributed by atoms with Crippen molar-refractivity contribution in [2.24, 2.45) is 62.6 Å². The molecule has 2 atom stereocenters. The van der Waals surface area contributed by atoms with Gasteiger partial charge >= 0.3 is 18.0 Å². The van der Waals surface area contributed by atoms with E-state index in [4.69, 9.17) is 37.6 Å². The molecule has 6 aromatic rings.